The molecular weight excluding hydrogens is 314 g/mol. The Balaban J connectivity index is 2.07. The van der Waals surface area contributed by atoms with E-state index in [0.717, 1.165) is 50.8 Å². The van der Waals surface area contributed by atoms with Crippen LogP contribution in [0.1, 0.15) is 36.4 Å². The van der Waals surface area contributed by atoms with E-state index >= 15 is 4.32 Å². The lowest BCUT2D eigenvalue weighted by molar-refractivity contribution is -0.336. The van der Waals surface area contributed by atoms with Gasteiger partial charge < -0.3 is 4.74 Å². The molecule has 3 heterocycles. The van der Waals surface area contributed by atoms with E-state index in [4.69, 9.17) is 4.74 Å². The number of aryl methyl sites for hydroxylation is 2. The predicted molar refractivity (Wildman–Crippen MR) is 99.9 cm³/mol. The van der Waals surface area contributed by atoms with Gasteiger partial charge in [-0.25, -0.2) is 8.80 Å². The molecule has 2 aromatic rings. The summed E-state index contributed by atoms with van der Waals surface area (Å²) in [5.74, 6) is 0.815. The van der Waals surface area contributed by atoms with Crippen molar-refractivity contribution in [3.8, 4) is 5.75 Å². The van der Waals surface area contributed by atoms with Gasteiger partial charge in [-0.3, -0.25) is 4.48 Å². The highest BCUT2D eigenvalue weighted by Crippen LogP contribution is 2.40. The van der Waals surface area contributed by atoms with Crippen LogP contribution >= 0.6 is 0 Å². The summed E-state index contributed by atoms with van der Waals surface area (Å²) < 4.78 is 24.3. The second-order valence-electron chi connectivity index (χ2n) is 6.79. The van der Waals surface area contributed by atoms with E-state index in [-0.39, 0.29) is 0 Å². The summed E-state index contributed by atoms with van der Waals surface area (Å²) in [6.45, 7) is 8.03. The van der Waals surface area contributed by atoms with Gasteiger partial charge in [0.1, 0.15) is 5.75 Å². The van der Waals surface area contributed by atoms with E-state index in [2.05, 4.69) is 26.0 Å². The van der Waals surface area contributed by atoms with Crippen molar-refractivity contribution in [3.05, 3.63) is 70.2 Å². The van der Waals surface area contributed by atoms with Gasteiger partial charge in [0.25, 0.3) is 0 Å². The lowest BCUT2D eigenvalue weighted by Crippen LogP contribution is -2.40. The first-order chi connectivity index (χ1) is 11.9. The number of fused-ring (bicyclic) bond motifs is 2. The van der Waals surface area contributed by atoms with Crippen molar-refractivity contribution in [3.63, 3.8) is 0 Å². The molecule has 0 bridgehead atoms. The third-order valence-electron chi connectivity index (χ3n) is 5.12. The SMILES string of the molecule is COc1ccc(C2=C3C(C)=CC(C)=[N+]3B(F)n3c(C)cc(C)c32)cc1. The van der Waals surface area contributed by atoms with Crippen LogP contribution in [-0.4, -0.2) is 29.0 Å². The van der Waals surface area contributed by atoms with Gasteiger partial charge >= 0.3 is 7.26 Å². The Morgan fingerprint density at radius 3 is 2.40 bits per heavy atom. The third-order valence-corrected chi connectivity index (χ3v) is 5.12. The number of ether oxygens (including phenoxy) is 1. The molecule has 25 heavy (non-hydrogen) atoms. The maximum absolute atomic E-state index is 15.4. The quantitative estimate of drug-likeness (QED) is 0.755. The summed E-state index contributed by atoms with van der Waals surface area (Å²) in [4.78, 5) is 0. The molecule has 0 amide bonds. The lowest BCUT2D eigenvalue weighted by Gasteiger charge is -2.22. The maximum atomic E-state index is 15.4. The fourth-order valence-electron chi connectivity index (χ4n) is 4.08. The Bertz CT molecular complexity index is 980. The van der Waals surface area contributed by atoms with Gasteiger partial charge in [0, 0.05) is 24.3 Å². The van der Waals surface area contributed by atoms with Crippen LogP contribution in [0.25, 0.3) is 5.57 Å². The van der Waals surface area contributed by atoms with E-state index in [1.165, 1.54) is 0 Å². The summed E-state index contributed by atoms with van der Waals surface area (Å²) in [7, 11) is 0.447. The third kappa shape index (κ3) is 2.15. The minimum atomic E-state index is -1.21. The van der Waals surface area contributed by atoms with Crippen molar-refractivity contribution >= 4 is 18.5 Å². The molecule has 126 valence electrons. The van der Waals surface area contributed by atoms with Crippen molar-refractivity contribution in [1.82, 2.24) is 4.48 Å². The average Bonchev–Trinajstić information content (AvgIpc) is 3.05. The minimum absolute atomic E-state index is 0.815. The van der Waals surface area contributed by atoms with Crippen LogP contribution in [0, 0.1) is 13.8 Å². The Morgan fingerprint density at radius 2 is 1.76 bits per heavy atom. The first kappa shape index (κ1) is 15.9. The van der Waals surface area contributed by atoms with Crippen molar-refractivity contribution in [2.75, 3.05) is 7.11 Å². The molecule has 5 heteroatoms. The van der Waals surface area contributed by atoms with Crippen LogP contribution < -0.4 is 4.74 Å². The second kappa shape index (κ2) is 5.48. The normalized spacial score (nSPS) is 16.2. The molecule has 0 N–H and O–H groups in total. The Morgan fingerprint density at radius 1 is 1.08 bits per heavy atom. The van der Waals surface area contributed by atoms with E-state index in [1.54, 1.807) is 16.1 Å². The van der Waals surface area contributed by atoms with Gasteiger partial charge in [0.2, 0.25) is 0 Å². The van der Waals surface area contributed by atoms with E-state index < -0.39 is 7.26 Å². The Labute approximate surface area is 147 Å². The number of benzene rings is 1. The summed E-state index contributed by atoms with van der Waals surface area (Å²) in [6, 6.07) is 10.1. The van der Waals surface area contributed by atoms with Gasteiger partial charge in [0.05, 0.1) is 18.4 Å². The highest BCUT2D eigenvalue weighted by molar-refractivity contribution is 6.43. The number of halogens is 1. The molecule has 0 unspecified atom stereocenters. The van der Waals surface area contributed by atoms with Crippen LogP contribution in [0.5, 0.6) is 5.75 Å². The second-order valence-corrected chi connectivity index (χ2v) is 6.79. The number of nitrogens with zero attached hydrogens (tertiary/aromatic N) is 2. The summed E-state index contributed by atoms with van der Waals surface area (Å²) >= 11 is 0. The zero-order chi connectivity index (χ0) is 17.9. The lowest BCUT2D eigenvalue weighted by atomic mass is 9.87. The maximum Gasteiger partial charge on any atom is 0.846 e. The number of rotatable bonds is 2. The summed E-state index contributed by atoms with van der Waals surface area (Å²) in [6.07, 6.45) is 2.06. The highest BCUT2D eigenvalue weighted by atomic mass is 19.1. The number of hydrogen-bond acceptors (Lipinski definition) is 1. The van der Waals surface area contributed by atoms with Crippen molar-refractivity contribution in [1.29, 1.82) is 0 Å². The number of hydrogen-bond donors (Lipinski definition) is 0. The van der Waals surface area contributed by atoms with Gasteiger partial charge in [-0.05, 0) is 50.1 Å². The molecule has 0 aliphatic carbocycles. The van der Waals surface area contributed by atoms with Crippen LogP contribution in [0.3, 0.4) is 0 Å². The van der Waals surface area contributed by atoms with E-state index in [9.17, 15) is 0 Å². The van der Waals surface area contributed by atoms with Crippen LogP contribution in [0.2, 0.25) is 0 Å². The smallest absolute Gasteiger partial charge is 0.497 e. The molecular formula is C20H21BFN2O+. The van der Waals surface area contributed by atoms with Crippen molar-refractivity contribution < 1.29 is 13.5 Å². The fraction of sp³-hybridized carbons (Fsp3) is 0.250. The van der Waals surface area contributed by atoms with Gasteiger partial charge in [0.15, 0.2) is 11.4 Å². The molecule has 3 nitrogen and oxygen atoms in total. The topological polar surface area (TPSA) is 17.2 Å². The molecule has 0 atom stereocenters. The number of aromatic nitrogens is 1. The van der Waals surface area contributed by atoms with Crippen LogP contribution in [-0.2, 0) is 0 Å². The highest BCUT2D eigenvalue weighted by Gasteiger charge is 2.51. The summed E-state index contributed by atoms with van der Waals surface area (Å²) in [5.41, 5.74) is 8.12. The van der Waals surface area contributed by atoms with Crippen LogP contribution in [0.4, 0.5) is 4.32 Å². The molecule has 1 aromatic carbocycles. The molecule has 0 spiro atoms. The Kier molecular flexibility index (Phi) is 3.49. The van der Waals surface area contributed by atoms with Crippen molar-refractivity contribution in [2.45, 2.75) is 27.7 Å². The molecule has 1 aromatic heterocycles. The van der Waals surface area contributed by atoms with Crippen LogP contribution in [0.15, 0.2) is 47.7 Å². The zero-order valence-corrected chi connectivity index (χ0v) is 15.2. The van der Waals surface area contributed by atoms with Gasteiger partial charge in [-0.1, -0.05) is 12.1 Å². The first-order valence-electron chi connectivity index (χ1n) is 8.47. The molecule has 0 saturated carbocycles. The first-order valence-corrected chi connectivity index (χ1v) is 8.47. The fourth-order valence-corrected chi connectivity index (χ4v) is 4.08. The zero-order valence-electron chi connectivity index (χ0n) is 15.2. The molecule has 4 rings (SSSR count). The Hall–Kier alpha value is -2.56. The molecule has 2 aliphatic heterocycles. The monoisotopic (exact) mass is 335 g/mol. The molecule has 2 aliphatic rings. The van der Waals surface area contributed by atoms with Gasteiger partial charge in [-0.2, -0.15) is 0 Å². The van der Waals surface area contributed by atoms with E-state index in [1.807, 2.05) is 38.1 Å². The predicted octanol–water partition coefficient (Wildman–Crippen LogP) is 4.12. The minimum Gasteiger partial charge on any atom is -0.497 e. The molecule has 0 fully saturated rings. The number of methoxy groups -OCH3 is 1. The molecule has 0 radical (unpaired) electrons. The van der Waals surface area contributed by atoms with Crippen molar-refractivity contribution in [2.24, 2.45) is 0 Å². The largest absolute Gasteiger partial charge is 0.846 e. The summed E-state index contributed by atoms with van der Waals surface area (Å²) in [5, 5.41) is 0. The number of allylic oxidation sites excluding steroid dienone is 2. The van der Waals surface area contributed by atoms with E-state index in [0.29, 0.717) is 0 Å². The van der Waals surface area contributed by atoms with Gasteiger partial charge in [-0.15, -0.1) is 0 Å². The molecule has 0 saturated heterocycles. The average molecular weight is 335 g/mol. The standard InChI is InChI=1S/C20H21BFN2O/c1-12-10-14(3)23-19(12)18(16-6-8-17(25-5)9-7-16)20-13(2)11-15(4)24(20)21(23)22/h6-11H,1-5H3/q+1.